The van der Waals surface area contributed by atoms with Crippen molar-refractivity contribution in [1.82, 2.24) is 9.80 Å². The SMILES string of the molecule is COCCOCC(=O)N1CCN(C(=O)C(c2ccccc2)c2ccccc2)CC1. The summed E-state index contributed by atoms with van der Waals surface area (Å²) >= 11 is 0. The predicted octanol–water partition coefficient (Wildman–Crippen LogP) is 2.15. The highest BCUT2D eigenvalue weighted by Crippen LogP contribution is 2.27. The lowest BCUT2D eigenvalue weighted by atomic mass is 9.90. The van der Waals surface area contributed by atoms with Crippen molar-refractivity contribution in [3.63, 3.8) is 0 Å². The van der Waals surface area contributed by atoms with Crippen LogP contribution in [0.3, 0.4) is 0 Å². The lowest BCUT2D eigenvalue weighted by Gasteiger charge is -2.36. The molecule has 0 aromatic heterocycles. The number of nitrogens with zero attached hydrogens (tertiary/aromatic N) is 2. The minimum absolute atomic E-state index is 0.0455. The Morgan fingerprint density at radius 1 is 0.828 bits per heavy atom. The van der Waals surface area contributed by atoms with Crippen molar-refractivity contribution in [2.45, 2.75) is 5.92 Å². The number of carbonyl (C=O) groups excluding carboxylic acids is 2. The fourth-order valence-electron chi connectivity index (χ4n) is 3.52. The van der Waals surface area contributed by atoms with Crippen LogP contribution in [-0.2, 0) is 19.1 Å². The molecular formula is C23H28N2O4. The largest absolute Gasteiger partial charge is 0.382 e. The van der Waals surface area contributed by atoms with E-state index in [1.165, 1.54) is 0 Å². The summed E-state index contributed by atoms with van der Waals surface area (Å²) in [6, 6.07) is 19.7. The molecule has 1 fully saturated rings. The number of amides is 2. The van der Waals surface area contributed by atoms with Gasteiger partial charge in [0.2, 0.25) is 11.8 Å². The highest BCUT2D eigenvalue weighted by Gasteiger charge is 2.30. The highest BCUT2D eigenvalue weighted by molar-refractivity contribution is 5.87. The second-order valence-electron chi connectivity index (χ2n) is 7.01. The van der Waals surface area contributed by atoms with Gasteiger partial charge in [-0.25, -0.2) is 0 Å². The third kappa shape index (κ3) is 5.65. The Balaban J connectivity index is 1.63. The zero-order valence-electron chi connectivity index (χ0n) is 16.8. The molecule has 0 spiro atoms. The van der Waals surface area contributed by atoms with E-state index in [0.717, 1.165) is 11.1 Å². The minimum Gasteiger partial charge on any atom is -0.382 e. The van der Waals surface area contributed by atoms with Crippen LogP contribution < -0.4 is 0 Å². The van der Waals surface area contributed by atoms with Crippen LogP contribution in [0, 0.1) is 0 Å². The number of methoxy groups -OCH3 is 1. The van der Waals surface area contributed by atoms with Crippen molar-refractivity contribution in [2.24, 2.45) is 0 Å². The number of rotatable bonds is 8. The molecule has 1 saturated heterocycles. The van der Waals surface area contributed by atoms with E-state index in [1.54, 1.807) is 12.0 Å². The molecule has 0 radical (unpaired) electrons. The number of piperazine rings is 1. The summed E-state index contributed by atoms with van der Waals surface area (Å²) in [5.41, 5.74) is 1.96. The highest BCUT2D eigenvalue weighted by atomic mass is 16.5. The summed E-state index contributed by atoms with van der Waals surface area (Å²) in [5.74, 6) is -0.307. The maximum atomic E-state index is 13.4. The van der Waals surface area contributed by atoms with Crippen molar-refractivity contribution >= 4 is 11.8 Å². The zero-order chi connectivity index (χ0) is 20.5. The van der Waals surface area contributed by atoms with Gasteiger partial charge in [0.15, 0.2) is 0 Å². The molecule has 0 aliphatic carbocycles. The molecule has 1 heterocycles. The average Bonchev–Trinajstić information content (AvgIpc) is 2.78. The van der Waals surface area contributed by atoms with Crippen molar-refractivity contribution in [3.05, 3.63) is 71.8 Å². The summed E-state index contributed by atoms with van der Waals surface area (Å²) in [6.07, 6.45) is 0. The molecule has 2 aromatic rings. The minimum atomic E-state index is -0.336. The molecular weight excluding hydrogens is 368 g/mol. The number of hydrogen-bond acceptors (Lipinski definition) is 4. The van der Waals surface area contributed by atoms with Gasteiger partial charge in [-0.05, 0) is 11.1 Å². The monoisotopic (exact) mass is 396 g/mol. The van der Waals surface area contributed by atoms with E-state index in [9.17, 15) is 9.59 Å². The topological polar surface area (TPSA) is 59.1 Å². The number of ether oxygens (including phenoxy) is 2. The second-order valence-corrected chi connectivity index (χ2v) is 7.01. The fraction of sp³-hybridized carbons (Fsp3) is 0.391. The Bertz CT molecular complexity index is 734. The van der Waals surface area contributed by atoms with Gasteiger partial charge in [-0.2, -0.15) is 0 Å². The first-order valence-electron chi connectivity index (χ1n) is 9.94. The summed E-state index contributed by atoms with van der Waals surface area (Å²) < 4.78 is 10.2. The molecule has 6 nitrogen and oxygen atoms in total. The molecule has 1 aliphatic heterocycles. The van der Waals surface area contributed by atoms with Crippen LogP contribution in [0.25, 0.3) is 0 Å². The molecule has 0 saturated carbocycles. The van der Waals surface area contributed by atoms with Gasteiger partial charge in [0.1, 0.15) is 6.61 Å². The van der Waals surface area contributed by atoms with Crippen LogP contribution in [-0.4, -0.2) is 74.7 Å². The second kappa shape index (κ2) is 10.7. The van der Waals surface area contributed by atoms with E-state index in [1.807, 2.05) is 65.6 Å². The molecule has 1 aliphatic rings. The summed E-state index contributed by atoms with van der Waals surface area (Å²) in [4.78, 5) is 29.3. The lowest BCUT2D eigenvalue weighted by molar-refractivity contribution is -0.143. The van der Waals surface area contributed by atoms with Gasteiger partial charge in [-0.15, -0.1) is 0 Å². The van der Waals surface area contributed by atoms with Gasteiger partial charge >= 0.3 is 0 Å². The molecule has 2 aromatic carbocycles. The van der Waals surface area contributed by atoms with Gasteiger partial charge in [0.25, 0.3) is 0 Å². The van der Waals surface area contributed by atoms with Crippen LogP contribution in [0.15, 0.2) is 60.7 Å². The Morgan fingerprint density at radius 3 is 1.86 bits per heavy atom. The van der Waals surface area contributed by atoms with Crippen molar-refractivity contribution in [1.29, 1.82) is 0 Å². The molecule has 0 unspecified atom stereocenters. The molecule has 0 atom stereocenters. The molecule has 0 N–H and O–H groups in total. The first-order chi connectivity index (χ1) is 14.2. The quantitative estimate of drug-likeness (QED) is 0.642. The summed E-state index contributed by atoms with van der Waals surface area (Å²) in [6.45, 7) is 3.01. The van der Waals surface area contributed by atoms with Gasteiger partial charge < -0.3 is 19.3 Å². The maximum absolute atomic E-state index is 13.4. The Hall–Kier alpha value is -2.70. The molecule has 3 rings (SSSR count). The predicted molar refractivity (Wildman–Crippen MR) is 111 cm³/mol. The maximum Gasteiger partial charge on any atom is 0.248 e. The Morgan fingerprint density at radius 2 is 1.34 bits per heavy atom. The lowest BCUT2D eigenvalue weighted by Crippen LogP contribution is -2.52. The Kier molecular flexibility index (Phi) is 7.78. The van der Waals surface area contributed by atoms with Gasteiger partial charge in [0, 0.05) is 33.3 Å². The fourth-order valence-corrected chi connectivity index (χ4v) is 3.52. The number of benzene rings is 2. The molecule has 6 heteroatoms. The van der Waals surface area contributed by atoms with E-state index in [0.29, 0.717) is 39.4 Å². The molecule has 0 bridgehead atoms. The normalized spacial score (nSPS) is 14.3. The van der Waals surface area contributed by atoms with E-state index in [-0.39, 0.29) is 24.3 Å². The van der Waals surface area contributed by atoms with E-state index < -0.39 is 0 Å². The number of carbonyl (C=O) groups is 2. The van der Waals surface area contributed by atoms with Gasteiger partial charge in [-0.3, -0.25) is 9.59 Å². The average molecular weight is 396 g/mol. The Labute approximate surface area is 172 Å². The standard InChI is InChI=1S/C23H28N2O4/c1-28-16-17-29-18-21(26)24-12-14-25(15-13-24)23(27)22(19-8-4-2-5-9-19)20-10-6-3-7-11-20/h2-11,22H,12-18H2,1H3. The smallest absolute Gasteiger partial charge is 0.248 e. The summed E-state index contributed by atoms with van der Waals surface area (Å²) in [7, 11) is 1.60. The van der Waals surface area contributed by atoms with E-state index in [2.05, 4.69) is 0 Å². The van der Waals surface area contributed by atoms with Crippen LogP contribution >= 0.6 is 0 Å². The van der Waals surface area contributed by atoms with E-state index in [4.69, 9.17) is 9.47 Å². The van der Waals surface area contributed by atoms with Crippen LogP contribution in [0.5, 0.6) is 0 Å². The third-order valence-electron chi connectivity index (χ3n) is 5.11. The van der Waals surface area contributed by atoms with Crippen molar-refractivity contribution < 1.29 is 19.1 Å². The van der Waals surface area contributed by atoms with Crippen molar-refractivity contribution in [3.8, 4) is 0 Å². The number of hydrogen-bond donors (Lipinski definition) is 0. The van der Waals surface area contributed by atoms with Crippen LogP contribution in [0.2, 0.25) is 0 Å². The first-order valence-corrected chi connectivity index (χ1v) is 9.94. The summed E-state index contributed by atoms with van der Waals surface area (Å²) in [5, 5.41) is 0. The van der Waals surface area contributed by atoms with Crippen molar-refractivity contribution in [2.75, 3.05) is 53.1 Å². The third-order valence-corrected chi connectivity index (χ3v) is 5.11. The zero-order valence-corrected chi connectivity index (χ0v) is 16.8. The molecule has 154 valence electrons. The van der Waals surface area contributed by atoms with Gasteiger partial charge in [0.05, 0.1) is 19.1 Å². The molecule has 29 heavy (non-hydrogen) atoms. The van der Waals surface area contributed by atoms with E-state index >= 15 is 0 Å². The molecule has 2 amide bonds. The van der Waals surface area contributed by atoms with Crippen LogP contribution in [0.4, 0.5) is 0 Å². The van der Waals surface area contributed by atoms with Crippen LogP contribution in [0.1, 0.15) is 17.0 Å². The first kappa shape index (κ1) is 21.0. The van der Waals surface area contributed by atoms with Gasteiger partial charge in [-0.1, -0.05) is 60.7 Å².